The predicted molar refractivity (Wildman–Crippen MR) is 118 cm³/mol. The Morgan fingerprint density at radius 2 is 1.88 bits per heavy atom. The van der Waals surface area contributed by atoms with Crippen molar-refractivity contribution in [3.8, 4) is 0 Å². The van der Waals surface area contributed by atoms with Crippen molar-refractivity contribution in [1.29, 1.82) is 0 Å². The molecule has 0 aliphatic carbocycles. The lowest BCUT2D eigenvalue weighted by molar-refractivity contribution is -0.137. The summed E-state index contributed by atoms with van der Waals surface area (Å²) in [7, 11) is -3.57. The first-order valence-corrected chi connectivity index (χ1v) is 12.2. The Balaban J connectivity index is 1.62. The van der Waals surface area contributed by atoms with Crippen LogP contribution in [0, 0.1) is 5.92 Å². The Morgan fingerprint density at radius 3 is 2.56 bits per heavy atom. The molecule has 1 saturated heterocycles. The largest absolute Gasteiger partial charge is 0.418 e. The lowest BCUT2D eigenvalue weighted by Crippen LogP contribution is -2.44. The summed E-state index contributed by atoms with van der Waals surface area (Å²) in [6, 6.07) is 12.6. The summed E-state index contributed by atoms with van der Waals surface area (Å²) >= 11 is 5.67. The predicted octanol–water partition coefficient (Wildman–Crippen LogP) is 4.97. The van der Waals surface area contributed by atoms with Gasteiger partial charge in [-0.2, -0.15) is 13.2 Å². The fourth-order valence-corrected chi connectivity index (χ4v) is 5.49. The first kappa shape index (κ1) is 24.5. The Labute approximate surface area is 190 Å². The average Bonchev–Trinajstić information content (AvgIpc) is 2.75. The SMILES string of the molecule is O=C(Nc1ccc(Cl)cc1C(F)(F)F)[C@@H]1CCCN(S(=O)(=O)CCCc2ccccc2)C1. The Hall–Kier alpha value is -2.10. The number of carbonyl (C=O) groups excluding carboxylic acids is 1. The molecule has 1 atom stereocenters. The van der Waals surface area contributed by atoms with E-state index in [1.807, 2.05) is 30.3 Å². The van der Waals surface area contributed by atoms with Gasteiger partial charge in [-0.25, -0.2) is 12.7 Å². The van der Waals surface area contributed by atoms with Gasteiger partial charge in [-0.15, -0.1) is 0 Å². The zero-order valence-corrected chi connectivity index (χ0v) is 18.8. The molecule has 0 radical (unpaired) electrons. The molecule has 174 valence electrons. The number of benzene rings is 2. The molecule has 2 aromatic carbocycles. The van der Waals surface area contributed by atoms with Crippen molar-refractivity contribution in [1.82, 2.24) is 4.31 Å². The van der Waals surface area contributed by atoms with Gasteiger partial charge in [0.15, 0.2) is 0 Å². The van der Waals surface area contributed by atoms with E-state index in [2.05, 4.69) is 5.32 Å². The summed E-state index contributed by atoms with van der Waals surface area (Å²) in [6.07, 6.45) is -2.76. The van der Waals surface area contributed by atoms with E-state index in [1.165, 1.54) is 10.4 Å². The minimum Gasteiger partial charge on any atom is -0.325 e. The molecule has 1 heterocycles. The Kier molecular flexibility index (Phi) is 7.84. The van der Waals surface area contributed by atoms with E-state index in [4.69, 9.17) is 11.6 Å². The molecule has 5 nitrogen and oxygen atoms in total. The van der Waals surface area contributed by atoms with Gasteiger partial charge in [-0.1, -0.05) is 41.9 Å². The first-order chi connectivity index (χ1) is 15.1. The number of anilines is 1. The maximum Gasteiger partial charge on any atom is 0.418 e. The van der Waals surface area contributed by atoms with Crippen LogP contribution in [0.3, 0.4) is 0 Å². The van der Waals surface area contributed by atoms with Crippen LogP contribution in [0.5, 0.6) is 0 Å². The van der Waals surface area contributed by atoms with Crippen LogP contribution in [0.2, 0.25) is 5.02 Å². The van der Waals surface area contributed by atoms with E-state index < -0.39 is 39.3 Å². The quantitative estimate of drug-likeness (QED) is 0.598. The number of piperidine rings is 1. The van der Waals surface area contributed by atoms with Crippen LogP contribution < -0.4 is 5.32 Å². The zero-order chi connectivity index (χ0) is 23.4. The third kappa shape index (κ3) is 6.46. The molecule has 0 aromatic heterocycles. The van der Waals surface area contributed by atoms with Crippen molar-refractivity contribution in [2.45, 2.75) is 31.9 Å². The lowest BCUT2D eigenvalue weighted by Gasteiger charge is -2.31. The second-order valence-electron chi connectivity index (χ2n) is 7.78. The smallest absolute Gasteiger partial charge is 0.325 e. The van der Waals surface area contributed by atoms with Crippen LogP contribution in [-0.2, 0) is 27.4 Å². The minimum atomic E-state index is -4.69. The molecular weight excluding hydrogens is 465 g/mol. The monoisotopic (exact) mass is 488 g/mol. The number of hydrogen-bond donors (Lipinski definition) is 1. The summed E-state index contributed by atoms with van der Waals surface area (Å²) in [4.78, 5) is 12.7. The number of hydrogen-bond acceptors (Lipinski definition) is 3. The van der Waals surface area contributed by atoms with Crippen LogP contribution >= 0.6 is 11.6 Å². The summed E-state index contributed by atoms with van der Waals surface area (Å²) in [5.41, 5.74) is -0.392. The highest BCUT2D eigenvalue weighted by atomic mass is 35.5. The molecule has 0 spiro atoms. The van der Waals surface area contributed by atoms with E-state index in [-0.39, 0.29) is 17.3 Å². The maximum absolute atomic E-state index is 13.3. The van der Waals surface area contributed by atoms with Gasteiger partial charge in [-0.05, 0) is 49.4 Å². The Bertz CT molecular complexity index is 1050. The van der Waals surface area contributed by atoms with E-state index in [0.717, 1.165) is 17.7 Å². The maximum atomic E-state index is 13.3. The van der Waals surface area contributed by atoms with Crippen molar-refractivity contribution in [3.63, 3.8) is 0 Å². The van der Waals surface area contributed by atoms with Crippen molar-refractivity contribution in [3.05, 3.63) is 64.7 Å². The Morgan fingerprint density at radius 1 is 1.16 bits per heavy atom. The number of carbonyl (C=O) groups is 1. The van der Waals surface area contributed by atoms with Gasteiger partial charge in [0.05, 0.1) is 22.9 Å². The molecule has 1 aliphatic heterocycles. The van der Waals surface area contributed by atoms with E-state index in [1.54, 1.807) is 0 Å². The highest BCUT2D eigenvalue weighted by molar-refractivity contribution is 7.89. The minimum absolute atomic E-state index is 0.0472. The van der Waals surface area contributed by atoms with Crippen LogP contribution in [0.1, 0.15) is 30.4 Å². The summed E-state index contributed by atoms with van der Waals surface area (Å²) < 4.78 is 66.6. The number of sulfonamides is 1. The summed E-state index contributed by atoms with van der Waals surface area (Å²) in [6.45, 7) is 0.251. The van der Waals surface area contributed by atoms with Gasteiger partial charge in [0, 0.05) is 18.1 Å². The standard InChI is InChI=1S/C22H24ClF3N2O3S/c23-18-10-11-20(19(14-18)22(24,25)26)27-21(29)17-9-4-12-28(15-17)32(30,31)13-5-8-16-6-2-1-3-7-16/h1-3,6-7,10-11,14,17H,4-5,8-9,12-13,15H2,(H,27,29)/t17-/m1/s1. The second-order valence-corrected chi connectivity index (χ2v) is 10.3. The summed E-state index contributed by atoms with van der Waals surface area (Å²) in [5, 5.41) is 2.22. The van der Waals surface area contributed by atoms with E-state index in [9.17, 15) is 26.4 Å². The van der Waals surface area contributed by atoms with Crippen molar-refractivity contribution in [2.24, 2.45) is 5.92 Å². The second kappa shape index (κ2) is 10.2. The summed E-state index contributed by atoms with van der Waals surface area (Å²) in [5.74, 6) is -1.42. The van der Waals surface area contributed by atoms with Gasteiger partial charge in [0.1, 0.15) is 0 Å². The number of alkyl halides is 3. The number of rotatable bonds is 7. The number of aryl methyl sites for hydroxylation is 1. The molecule has 1 aliphatic rings. The third-order valence-electron chi connectivity index (χ3n) is 5.40. The molecule has 3 rings (SSSR count). The molecule has 1 N–H and O–H groups in total. The first-order valence-electron chi connectivity index (χ1n) is 10.3. The molecule has 0 unspecified atom stereocenters. The van der Waals surface area contributed by atoms with Crippen molar-refractivity contribution < 1.29 is 26.4 Å². The highest BCUT2D eigenvalue weighted by Crippen LogP contribution is 2.37. The van der Waals surface area contributed by atoms with Gasteiger partial charge < -0.3 is 5.32 Å². The van der Waals surface area contributed by atoms with Crippen LogP contribution in [0.15, 0.2) is 48.5 Å². The molecule has 2 aromatic rings. The number of amides is 1. The molecule has 0 saturated carbocycles. The van der Waals surface area contributed by atoms with Gasteiger partial charge in [-0.3, -0.25) is 4.79 Å². The topological polar surface area (TPSA) is 66.5 Å². The number of nitrogens with zero attached hydrogens (tertiary/aromatic N) is 1. The molecule has 0 bridgehead atoms. The molecule has 1 amide bonds. The van der Waals surface area contributed by atoms with Crippen LogP contribution in [-0.4, -0.2) is 37.5 Å². The lowest BCUT2D eigenvalue weighted by atomic mass is 9.98. The van der Waals surface area contributed by atoms with E-state index in [0.29, 0.717) is 32.2 Å². The number of nitrogens with one attached hydrogen (secondary N) is 1. The van der Waals surface area contributed by atoms with Crippen molar-refractivity contribution >= 4 is 33.2 Å². The number of halogens is 4. The van der Waals surface area contributed by atoms with E-state index >= 15 is 0 Å². The average molecular weight is 489 g/mol. The zero-order valence-electron chi connectivity index (χ0n) is 17.2. The fourth-order valence-electron chi connectivity index (χ4n) is 3.74. The molecule has 32 heavy (non-hydrogen) atoms. The van der Waals surface area contributed by atoms with Crippen LogP contribution in [0.25, 0.3) is 0 Å². The van der Waals surface area contributed by atoms with Crippen LogP contribution in [0.4, 0.5) is 18.9 Å². The third-order valence-corrected chi connectivity index (χ3v) is 7.56. The van der Waals surface area contributed by atoms with Gasteiger partial charge in [0.2, 0.25) is 15.9 Å². The van der Waals surface area contributed by atoms with Crippen molar-refractivity contribution in [2.75, 3.05) is 24.2 Å². The highest BCUT2D eigenvalue weighted by Gasteiger charge is 2.36. The molecule has 10 heteroatoms. The fraction of sp³-hybridized carbons (Fsp3) is 0.409. The van der Waals surface area contributed by atoms with Gasteiger partial charge >= 0.3 is 6.18 Å². The molecular formula is C22H24ClF3N2O3S. The molecule has 1 fully saturated rings. The van der Waals surface area contributed by atoms with Gasteiger partial charge in [0.25, 0.3) is 0 Å². The normalized spacial score (nSPS) is 17.8.